The summed E-state index contributed by atoms with van der Waals surface area (Å²) in [5, 5.41) is 6.38. The van der Waals surface area contributed by atoms with E-state index in [1.54, 1.807) is 55.5 Å². The van der Waals surface area contributed by atoms with Crippen molar-refractivity contribution in [2.75, 3.05) is 17.7 Å². The van der Waals surface area contributed by atoms with Crippen LogP contribution >= 0.6 is 11.6 Å². The molecule has 0 saturated carbocycles. The molecule has 0 radical (unpaired) electrons. The highest BCUT2D eigenvalue weighted by Crippen LogP contribution is 2.18. The normalized spacial score (nSPS) is 10.2. The van der Waals surface area contributed by atoms with Crippen molar-refractivity contribution in [2.24, 2.45) is 0 Å². The van der Waals surface area contributed by atoms with Gasteiger partial charge in [0.1, 0.15) is 5.69 Å². The molecule has 0 aliphatic heterocycles. The Labute approximate surface area is 166 Å². The number of ether oxygens (including phenoxy) is 1. The van der Waals surface area contributed by atoms with Gasteiger partial charge in [0.2, 0.25) is 5.95 Å². The molecule has 1 heterocycles. The van der Waals surface area contributed by atoms with E-state index in [-0.39, 0.29) is 11.6 Å². The lowest BCUT2D eigenvalue weighted by Crippen LogP contribution is -2.16. The SMILES string of the molecule is COC(=O)c1cccc(NC(=O)c2cc(C)nc(Nc3ccc(Cl)cc3)n2)c1. The molecule has 2 N–H and O–H groups in total. The van der Waals surface area contributed by atoms with E-state index in [4.69, 9.17) is 11.6 Å². The van der Waals surface area contributed by atoms with Crippen molar-refractivity contribution in [3.63, 3.8) is 0 Å². The summed E-state index contributed by atoms with van der Waals surface area (Å²) in [6, 6.07) is 15.1. The van der Waals surface area contributed by atoms with Crippen molar-refractivity contribution in [2.45, 2.75) is 6.92 Å². The number of anilines is 3. The number of nitrogens with zero attached hydrogens (tertiary/aromatic N) is 2. The van der Waals surface area contributed by atoms with E-state index in [1.807, 2.05) is 0 Å². The van der Waals surface area contributed by atoms with Gasteiger partial charge in [0, 0.05) is 22.1 Å². The van der Waals surface area contributed by atoms with Gasteiger partial charge in [-0.15, -0.1) is 0 Å². The smallest absolute Gasteiger partial charge is 0.337 e. The number of methoxy groups -OCH3 is 1. The third kappa shape index (κ3) is 4.83. The Morgan fingerprint density at radius 3 is 2.46 bits per heavy atom. The van der Waals surface area contributed by atoms with Gasteiger partial charge in [0.05, 0.1) is 12.7 Å². The Hall–Kier alpha value is -3.45. The van der Waals surface area contributed by atoms with E-state index >= 15 is 0 Å². The van der Waals surface area contributed by atoms with E-state index in [0.29, 0.717) is 22.0 Å². The zero-order valence-corrected chi connectivity index (χ0v) is 15.9. The minimum atomic E-state index is -0.483. The van der Waals surface area contributed by atoms with Gasteiger partial charge >= 0.3 is 5.97 Å². The molecule has 1 amide bonds. The number of rotatable bonds is 5. The van der Waals surface area contributed by atoms with Crippen LogP contribution in [0.25, 0.3) is 0 Å². The van der Waals surface area contributed by atoms with Gasteiger partial charge < -0.3 is 15.4 Å². The molecule has 1 aromatic heterocycles. The molecule has 0 aliphatic rings. The first-order valence-electron chi connectivity index (χ1n) is 8.32. The van der Waals surface area contributed by atoms with Gasteiger partial charge in [-0.05, 0) is 55.5 Å². The van der Waals surface area contributed by atoms with Crippen molar-refractivity contribution >= 4 is 40.8 Å². The summed E-state index contributed by atoms with van der Waals surface area (Å²) >= 11 is 5.88. The molecule has 0 aliphatic carbocycles. The lowest BCUT2D eigenvalue weighted by atomic mass is 10.2. The molecule has 7 nitrogen and oxygen atoms in total. The fraction of sp³-hybridized carbons (Fsp3) is 0.100. The summed E-state index contributed by atoms with van der Waals surface area (Å²) in [6.45, 7) is 1.77. The molecule has 3 rings (SSSR count). The summed E-state index contributed by atoms with van der Waals surface area (Å²) in [5.41, 5.74) is 2.35. The van der Waals surface area contributed by atoms with E-state index in [1.165, 1.54) is 13.2 Å². The van der Waals surface area contributed by atoms with Crippen LogP contribution < -0.4 is 10.6 Å². The second-order valence-corrected chi connectivity index (χ2v) is 6.31. The third-order valence-corrected chi connectivity index (χ3v) is 3.98. The van der Waals surface area contributed by atoms with Crippen LogP contribution in [0.15, 0.2) is 54.6 Å². The monoisotopic (exact) mass is 396 g/mol. The molecule has 142 valence electrons. The molecule has 0 bridgehead atoms. The van der Waals surface area contributed by atoms with Crippen LogP contribution in [0.5, 0.6) is 0 Å². The molecule has 0 fully saturated rings. The van der Waals surface area contributed by atoms with Gasteiger partial charge in [-0.1, -0.05) is 17.7 Å². The van der Waals surface area contributed by atoms with Crippen molar-refractivity contribution in [1.29, 1.82) is 0 Å². The Balaban J connectivity index is 1.79. The van der Waals surface area contributed by atoms with Crippen LogP contribution in [0.4, 0.5) is 17.3 Å². The first-order chi connectivity index (χ1) is 13.4. The van der Waals surface area contributed by atoms with Crippen LogP contribution in [0.3, 0.4) is 0 Å². The van der Waals surface area contributed by atoms with Crippen LogP contribution in [0.1, 0.15) is 26.5 Å². The molecule has 0 unspecified atom stereocenters. The van der Waals surface area contributed by atoms with Crippen LogP contribution in [-0.2, 0) is 4.74 Å². The van der Waals surface area contributed by atoms with Crippen LogP contribution in [0, 0.1) is 6.92 Å². The molecular formula is C20H17ClN4O3. The van der Waals surface area contributed by atoms with E-state index in [9.17, 15) is 9.59 Å². The lowest BCUT2D eigenvalue weighted by molar-refractivity contribution is 0.0600. The fourth-order valence-corrected chi connectivity index (χ4v) is 2.57. The highest BCUT2D eigenvalue weighted by Gasteiger charge is 2.13. The average Bonchev–Trinajstić information content (AvgIpc) is 2.69. The van der Waals surface area contributed by atoms with Crippen molar-refractivity contribution in [3.8, 4) is 0 Å². The summed E-state index contributed by atoms with van der Waals surface area (Å²) < 4.78 is 4.69. The maximum absolute atomic E-state index is 12.6. The second kappa shape index (κ2) is 8.49. The highest BCUT2D eigenvalue weighted by molar-refractivity contribution is 6.30. The zero-order chi connectivity index (χ0) is 20.1. The number of carbonyl (C=O) groups excluding carboxylic acids is 2. The molecule has 2 aromatic carbocycles. The van der Waals surface area contributed by atoms with Crippen molar-refractivity contribution in [1.82, 2.24) is 9.97 Å². The Kier molecular flexibility index (Phi) is 5.86. The molecule has 3 aromatic rings. The molecule has 0 spiro atoms. The lowest BCUT2D eigenvalue weighted by Gasteiger charge is -2.09. The minimum absolute atomic E-state index is 0.187. The number of aromatic nitrogens is 2. The predicted octanol–water partition coefficient (Wildman–Crippen LogP) is 4.22. The van der Waals surface area contributed by atoms with E-state index < -0.39 is 11.9 Å². The third-order valence-electron chi connectivity index (χ3n) is 3.73. The Morgan fingerprint density at radius 2 is 1.75 bits per heavy atom. The maximum Gasteiger partial charge on any atom is 0.337 e. The maximum atomic E-state index is 12.6. The van der Waals surface area contributed by atoms with Gasteiger partial charge in [0.25, 0.3) is 5.91 Å². The van der Waals surface area contributed by atoms with E-state index in [0.717, 1.165) is 5.69 Å². The van der Waals surface area contributed by atoms with Gasteiger partial charge in [-0.25, -0.2) is 14.8 Å². The number of amides is 1. The predicted molar refractivity (Wildman–Crippen MR) is 107 cm³/mol. The van der Waals surface area contributed by atoms with Crippen molar-refractivity contribution < 1.29 is 14.3 Å². The highest BCUT2D eigenvalue weighted by atomic mass is 35.5. The number of benzene rings is 2. The zero-order valence-electron chi connectivity index (χ0n) is 15.2. The second-order valence-electron chi connectivity index (χ2n) is 5.88. The minimum Gasteiger partial charge on any atom is -0.465 e. The first-order valence-corrected chi connectivity index (χ1v) is 8.70. The summed E-state index contributed by atoms with van der Waals surface area (Å²) in [4.78, 5) is 32.8. The first kappa shape index (κ1) is 19.3. The Morgan fingerprint density at radius 1 is 1.00 bits per heavy atom. The summed E-state index contributed by atoms with van der Waals surface area (Å²) in [5.74, 6) is -0.620. The number of hydrogen-bond acceptors (Lipinski definition) is 6. The molecule has 0 atom stereocenters. The number of esters is 1. The summed E-state index contributed by atoms with van der Waals surface area (Å²) in [6.07, 6.45) is 0. The van der Waals surface area contributed by atoms with Crippen LogP contribution in [-0.4, -0.2) is 29.0 Å². The number of hydrogen-bond donors (Lipinski definition) is 2. The topological polar surface area (TPSA) is 93.2 Å². The molecule has 0 saturated heterocycles. The number of carbonyl (C=O) groups is 2. The fourth-order valence-electron chi connectivity index (χ4n) is 2.44. The summed E-state index contributed by atoms with van der Waals surface area (Å²) in [7, 11) is 1.30. The number of halogens is 1. The Bertz CT molecular complexity index is 1020. The van der Waals surface area contributed by atoms with Crippen LogP contribution in [0.2, 0.25) is 5.02 Å². The van der Waals surface area contributed by atoms with Gasteiger partial charge in [-0.2, -0.15) is 0 Å². The largest absolute Gasteiger partial charge is 0.465 e. The number of nitrogens with one attached hydrogen (secondary N) is 2. The standard InChI is InChI=1S/C20H17ClN4O3/c1-12-10-17(25-20(22-12)24-15-8-6-14(21)7-9-15)18(26)23-16-5-3-4-13(11-16)19(27)28-2/h3-11H,1-2H3,(H,23,26)(H,22,24,25). The van der Waals surface area contributed by atoms with Crippen molar-refractivity contribution in [3.05, 3.63) is 76.6 Å². The van der Waals surface area contributed by atoms with Gasteiger partial charge in [-0.3, -0.25) is 4.79 Å². The number of aryl methyl sites for hydroxylation is 1. The quantitative estimate of drug-likeness (QED) is 0.627. The molecule has 8 heteroatoms. The average molecular weight is 397 g/mol. The molecule has 28 heavy (non-hydrogen) atoms. The van der Waals surface area contributed by atoms with Gasteiger partial charge in [0.15, 0.2) is 0 Å². The molecular weight excluding hydrogens is 380 g/mol. The van der Waals surface area contributed by atoms with E-state index in [2.05, 4.69) is 25.3 Å².